The maximum Gasteiger partial charge on any atom is 0.416 e. The molecular formula is C27H36N4O6. The second kappa shape index (κ2) is 12.6. The van der Waals surface area contributed by atoms with Crippen molar-refractivity contribution in [2.24, 2.45) is 0 Å². The number of aromatic nitrogens is 1. The van der Waals surface area contributed by atoms with E-state index in [9.17, 15) is 14.7 Å². The van der Waals surface area contributed by atoms with Crippen molar-refractivity contribution in [1.29, 1.82) is 0 Å². The van der Waals surface area contributed by atoms with E-state index in [1.54, 1.807) is 45.9 Å². The second-order valence-electron chi connectivity index (χ2n) is 9.66. The van der Waals surface area contributed by atoms with E-state index < -0.39 is 23.9 Å². The van der Waals surface area contributed by atoms with Crippen LogP contribution in [0.5, 0.6) is 0 Å². The molecule has 1 atom stereocenters. The number of nitrogens with one attached hydrogen (secondary N) is 1. The minimum absolute atomic E-state index is 0.0920. The fourth-order valence-electron chi connectivity index (χ4n) is 3.65. The molecule has 1 aliphatic rings. The lowest BCUT2D eigenvalue weighted by molar-refractivity contribution is 0.0576. The Hall–Kier alpha value is -3.63. The van der Waals surface area contributed by atoms with E-state index in [4.69, 9.17) is 14.2 Å². The SMILES string of the molecule is C=CCOC(=O)Nc1cccc(CN(C(=O)OC(C)(C)C)c2cc(N3CCOCC3)cc(C(C)O)n2)c1. The Labute approximate surface area is 217 Å². The molecule has 1 aromatic carbocycles. The average molecular weight is 513 g/mol. The standard InChI is InChI=1S/C27H36N4O6/c1-6-12-36-25(33)28-21-9-7-8-20(15-21)18-31(26(34)37-27(3,4)5)24-17-22(16-23(29-24)19(2)32)30-10-13-35-14-11-30/h6-9,15-17,19,32H,1,10-14,18H2,2-5H3,(H,28,33). The smallest absolute Gasteiger partial charge is 0.416 e. The summed E-state index contributed by atoms with van der Waals surface area (Å²) in [5.41, 5.74) is 1.77. The molecule has 2 heterocycles. The third kappa shape index (κ3) is 8.47. The normalized spacial score (nSPS) is 14.5. The highest BCUT2D eigenvalue weighted by molar-refractivity contribution is 5.88. The molecule has 1 fully saturated rings. The van der Waals surface area contributed by atoms with Crippen LogP contribution in [0.1, 0.15) is 45.1 Å². The van der Waals surface area contributed by atoms with E-state index in [0.717, 1.165) is 11.3 Å². The number of anilines is 3. The lowest BCUT2D eigenvalue weighted by Crippen LogP contribution is -2.38. The largest absolute Gasteiger partial charge is 0.445 e. The zero-order chi connectivity index (χ0) is 27.0. The lowest BCUT2D eigenvalue weighted by Gasteiger charge is -2.31. The van der Waals surface area contributed by atoms with E-state index in [2.05, 4.69) is 21.8 Å². The summed E-state index contributed by atoms with van der Waals surface area (Å²) >= 11 is 0. The molecule has 10 heteroatoms. The van der Waals surface area contributed by atoms with E-state index in [1.165, 1.54) is 11.0 Å². The Balaban J connectivity index is 1.96. The van der Waals surface area contributed by atoms with E-state index in [-0.39, 0.29) is 13.2 Å². The van der Waals surface area contributed by atoms with Crippen molar-refractivity contribution in [1.82, 2.24) is 4.98 Å². The number of aliphatic hydroxyl groups excluding tert-OH is 1. The summed E-state index contributed by atoms with van der Waals surface area (Å²) in [6.07, 6.45) is -0.551. The van der Waals surface area contributed by atoms with Crippen molar-refractivity contribution < 1.29 is 28.9 Å². The molecule has 2 N–H and O–H groups in total. The summed E-state index contributed by atoms with van der Waals surface area (Å²) < 4.78 is 16.2. The Morgan fingerprint density at radius 1 is 1.27 bits per heavy atom. The van der Waals surface area contributed by atoms with Gasteiger partial charge in [-0.2, -0.15) is 0 Å². The molecule has 0 aliphatic carbocycles. The van der Waals surface area contributed by atoms with Crippen LogP contribution in [0.3, 0.4) is 0 Å². The number of hydrogen-bond acceptors (Lipinski definition) is 8. The summed E-state index contributed by atoms with van der Waals surface area (Å²) in [7, 11) is 0. The minimum atomic E-state index is -0.839. The fraction of sp³-hybridized carbons (Fsp3) is 0.444. The molecule has 2 amide bonds. The van der Waals surface area contributed by atoms with Gasteiger partial charge in [0, 0.05) is 30.5 Å². The third-order valence-corrected chi connectivity index (χ3v) is 5.36. The molecule has 0 spiro atoms. The maximum absolute atomic E-state index is 13.4. The van der Waals surface area contributed by atoms with Gasteiger partial charge in [-0.25, -0.2) is 14.6 Å². The summed E-state index contributed by atoms with van der Waals surface area (Å²) in [5.74, 6) is 0.345. The number of carbonyl (C=O) groups is 2. The van der Waals surface area contributed by atoms with Gasteiger partial charge >= 0.3 is 12.2 Å². The lowest BCUT2D eigenvalue weighted by atomic mass is 10.1. The monoisotopic (exact) mass is 512 g/mol. The van der Waals surface area contributed by atoms with Crippen LogP contribution < -0.4 is 15.1 Å². The first-order valence-corrected chi connectivity index (χ1v) is 12.2. The number of rotatable bonds is 8. The average Bonchev–Trinajstić information content (AvgIpc) is 2.85. The zero-order valence-electron chi connectivity index (χ0n) is 21.9. The number of aliphatic hydroxyl groups is 1. The van der Waals surface area contributed by atoms with Crippen LogP contribution in [-0.4, -0.2) is 60.8 Å². The Morgan fingerprint density at radius 2 is 2.00 bits per heavy atom. The molecule has 3 rings (SSSR count). The van der Waals surface area contributed by atoms with Gasteiger partial charge in [0.25, 0.3) is 0 Å². The molecule has 0 saturated carbocycles. The number of pyridine rings is 1. The van der Waals surface area contributed by atoms with Gasteiger partial charge in [-0.15, -0.1) is 0 Å². The van der Waals surface area contributed by atoms with Crippen molar-refractivity contribution in [2.75, 3.05) is 48.0 Å². The fourth-order valence-corrected chi connectivity index (χ4v) is 3.65. The molecule has 1 saturated heterocycles. The van der Waals surface area contributed by atoms with Crippen molar-refractivity contribution in [3.8, 4) is 0 Å². The molecule has 37 heavy (non-hydrogen) atoms. The summed E-state index contributed by atoms with van der Waals surface area (Å²) in [6, 6.07) is 10.7. The first-order chi connectivity index (χ1) is 17.6. The van der Waals surface area contributed by atoms with Crippen molar-refractivity contribution in [3.05, 3.63) is 60.3 Å². The maximum atomic E-state index is 13.4. The first kappa shape index (κ1) is 27.9. The van der Waals surface area contributed by atoms with Gasteiger partial charge in [-0.3, -0.25) is 10.2 Å². The number of morpholine rings is 1. The first-order valence-electron chi connectivity index (χ1n) is 12.2. The number of amides is 2. The second-order valence-corrected chi connectivity index (χ2v) is 9.66. The minimum Gasteiger partial charge on any atom is -0.445 e. The van der Waals surface area contributed by atoms with Crippen LogP contribution in [0.15, 0.2) is 49.1 Å². The Bertz CT molecular complexity index is 1090. The summed E-state index contributed by atoms with van der Waals surface area (Å²) in [6.45, 7) is 13.3. The van der Waals surface area contributed by atoms with Crippen LogP contribution in [0, 0.1) is 0 Å². The van der Waals surface area contributed by atoms with Crippen molar-refractivity contribution >= 4 is 29.4 Å². The van der Waals surface area contributed by atoms with Crippen molar-refractivity contribution in [3.63, 3.8) is 0 Å². The van der Waals surface area contributed by atoms with Crippen LogP contribution in [0.25, 0.3) is 0 Å². The number of carbonyl (C=O) groups excluding carboxylic acids is 2. The van der Waals surface area contributed by atoms with Gasteiger partial charge in [0.2, 0.25) is 0 Å². The molecule has 1 aromatic heterocycles. The highest BCUT2D eigenvalue weighted by Crippen LogP contribution is 2.28. The topological polar surface area (TPSA) is 113 Å². The molecule has 2 aromatic rings. The summed E-state index contributed by atoms with van der Waals surface area (Å²) in [4.78, 5) is 33.5. The number of benzene rings is 1. The van der Waals surface area contributed by atoms with Gasteiger partial charge in [0.05, 0.1) is 31.6 Å². The van der Waals surface area contributed by atoms with E-state index in [0.29, 0.717) is 43.5 Å². The third-order valence-electron chi connectivity index (χ3n) is 5.36. The van der Waals surface area contributed by atoms with Gasteiger partial charge in [0.1, 0.15) is 18.0 Å². The highest BCUT2D eigenvalue weighted by Gasteiger charge is 2.27. The molecule has 0 radical (unpaired) electrons. The predicted molar refractivity (Wildman–Crippen MR) is 142 cm³/mol. The van der Waals surface area contributed by atoms with E-state index >= 15 is 0 Å². The van der Waals surface area contributed by atoms with Crippen LogP contribution in [0.4, 0.5) is 26.8 Å². The highest BCUT2D eigenvalue weighted by atomic mass is 16.6. The number of nitrogens with zero attached hydrogens (tertiary/aromatic N) is 3. The summed E-state index contributed by atoms with van der Waals surface area (Å²) in [5, 5.41) is 13.0. The van der Waals surface area contributed by atoms with Gasteiger partial charge in [0.15, 0.2) is 0 Å². The molecule has 10 nitrogen and oxygen atoms in total. The van der Waals surface area contributed by atoms with Gasteiger partial charge < -0.3 is 24.2 Å². The Kier molecular flexibility index (Phi) is 9.48. The van der Waals surface area contributed by atoms with Crippen LogP contribution in [0.2, 0.25) is 0 Å². The van der Waals surface area contributed by atoms with Crippen molar-refractivity contribution in [2.45, 2.75) is 45.9 Å². The Morgan fingerprint density at radius 3 is 2.65 bits per heavy atom. The molecule has 0 bridgehead atoms. The van der Waals surface area contributed by atoms with Gasteiger partial charge in [-0.05, 0) is 51.5 Å². The number of ether oxygens (including phenoxy) is 3. The van der Waals surface area contributed by atoms with E-state index in [1.807, 2.05) is 18.2 Å². The van der Waals surface area contributed by atoms with Gasteiger partial charge in [-0.1, -0.05) is 24.8 Å². The quantitative estimate of drug-likeness (QED) is 0.492. The molecule has 1 unspecified atom stereocenters. The predicted octanol–water partition coefficient (Wildman–Crippen LogP) is 4.65. The zero-order valence-corrected chi connectivity index (χ0v) is 21.9. The van der Waals surface area contributed by atoms with Crippen LogP contribution in [-0.2, 0) is 20.8 Å². The van der Waals surface area contributed by atoms with Crippen LogP contribution >= 0.6 is 0 Å². The number of hydrogen-bond donors (Lipinski definition) is 2. The molecule has 1 aliphatic heterocycles. The molecule has 200 valence electrons. The molecular weight excluding hydrogens is 476 g/mol.